The van der Waals surface area contributed by atoms with Gasteiger partial charge in [-0.2, -0.15) is 13.2 Å². The lowest BCUT2D eigenvalue weighted by Gasteiger charge is -2.21. The molecule has 1 atom stereocenters. The second-order valence-electron chi connectivity index (χ2n) is 4.16. The van der Waals surface area contributed by atoms with E-state index < -0.39 is 17.8 Å². The third kappa shape index (κ3) is 2.81. The average molecular weight is 258 g/mol. The highest BCUT2D eigenvalue weighted by Gasteiger charge is 2.35. The molecule has 0 radical (unpaired) electrons. The van der Waals surface area contributed by atoms with Crippen LogP contribution in [-0.4, -0.2) is 19.0 Å². The van der Waals surface area contributed by atoms with Crippen molar-refractivity contribution in [2.24, 2.45) is 0 Å². The van der Waals surface area contributed by atoms with Gasteiger partial charge in [-0.15, -0.1) is 0 Å². The molecule has 1 aliphatic heterocycles. The summed E-state index contributed by atoms with van der Waals surface area (Å²) in [5.74, 6) is -0.234. The molecule has 1 fully saturated rings. The molecule has 2 N–H and O–H groups in total. The maximum absolute atomic E-state index is 12.9. The van der Waals surface area contributed by atoms with Gasteiger partial charge in [-0.05, 0) is 11.6 Å². The zero-order chi connectivity index (χ0) is 13.2. The van der Waals surface area contributed by atoms with Crippen molar-refractivity contribution in [1.29, 1.82) is 0 Å². The average Bonchev–Trinajstić information content (AvgIpc) is 2.53. The molecule has 6 heteroatoms. The summed E-state index contributed by atoms with van der Waals surface area (Å²) in [5, 5.41) is 5.56. The van der Waals surface area contributed by atoms with E-state index in [1.807, 2.05) is 0 Å². The summed E-state index contributed by atoms with van der Waals surface area (Å²) in [7, 11) is 0. The first-order valence-corrected chi connectivity index (χ1v) is 5.64. The van der Waals surface area contributed by atoms with Crippen molar-refractivity contribution in [2.45, 2.75) is 18.6 Å². The number of benzene rings is 1. The highest BCUT2D eigenvalue weighted by molar-refractivity contribution is 5.77. The smallest absolute Gasteiger partial charge is 0.348 e. The highest BCUT2D eigenvalue weighted by Crippen LogP contribution is 2.34. The fourth-order valence-electron chi connectivity index (χ4n) is 2.01. The van der Waals surface area contributed by atoms with E-state index in [4.69, 9.17) is 0 Å². The molecule has 0 bridgehead atoms. The quantitative estimate of drug-likeness (QED) is 0.807. The lowest BCUT2D eigenvalue weighted by Crippen LogP contribution is -2.31. The fraction of sp³-hybridized carbons (Fsp3) is 0.417. The van der Waals surface area contributed by atoms with Gasteiger partial charge in [0.25, 0.3) is 0 Å². The van der Waals surface area contributed by atoms with Crippen LogP contribution < -0.4 is 10.6 Å². The lowest BCUT2D eigenvalue weighted by molar-refractivity contribution is -0.138. The van der Waals surface area contributed by atoms with Crippen molar-refractivity contribution in [3.63, 3.8) is 0 Å². The Morgan fingerprint density at radius 3 is 2.67 bits per heavy atom. The van der Waals surface area contributed by atoms with Crippen LogP contribution in [0.5, 0.6) is 0 Å². The number of nitrogens with one attached hydrogen (secondary N) is 2. The van der Waals surface area contributed by atoms with E-state index in [-0.39, 0.29) is 17.9 Å². The van der Waals surface area contributed by atoms with E-state index in [1.165, 1.54) is 12.1 Å². The number of rotatable bonds is 1. The zero-order valence-electron chi connectivity index (χ0n) is 9.55. The molecule has 1 unspecified atom stereocenters. The van der Waals surface area contributed by atoms with Gasteiger partial charge in [0.15, 0.2) is 0 Å². The lowest BCUT2D eigenvalue weighted by atomic mass is 10.00. The van der Waals surface area contributed by atoms with Gasteiger partial charge in [-0.3, -0.25) is 4.79 Å². The Labute approximate surface area is 102 Å². The van der Waals surface area contributed by atoms with Gasteiger partial charge in [-0.25, -0.2) is 0 Å². The van der Waals surface area contributed by atoms with Gasteiger partial charge < -0.3 is 10.6 Å². The number of hydrogen-bond donors (Lipinski definition) is 2. The molecule has 1 saturated heterocycles. The number of carbonyl (C=O) groups excluding carboxylic acids is 1. The molecule has 0 saturated carbocycles. The van der Waals surface area contributed by atoms with Crippen molar-refractivity contribution in [3.05, 3.63) is 35.4 Å². The van der Waals surface area contributed by atoms with Crippen molar-refractivity contribution in [2.75, 3.05) is 13.1 Å². The number of amides is 1. The Bertz CT molecular complexity index is 445. The number of alkyl halides is 3. The molecular weight excluding hydrogens is 245 g/mol. The minimum Gasteiger partial charge on any atom is -0.348 e. The Hall–Kier alpha value is -1.56. The molecule has 0 aliphatic carbocycles. The summed E-state index contributed by atoms with van der Waals surface area (Å²) in [6.45, 7) is 0.787. The van der Waals surface area contributed by atoms with Crippen LogP contribution in [0.4, 0.5) is 13.2 Å². The van der Waals surface area contributed by atoms with Crippen molar-refractivity contribution >= 4 is 5.91 Å². The molecular formula is C12H13F3N2O. The van der Waals surface area contributed by atoms with Gasteiger partial charge >= 0.3 is 6.18 Å². The molecule has 1 aliphatic rings. The Balaban J connectivity index is 2.34. The summed E-state index contributed by atoms with van der Waals surface area (Å²) < 4.78 is 38.6. The van der Waals surface area contributed by atoms with E-state index in [0.29, 0.717) is 13.1 Å². The number of hydrogen-bond acceptors (Lipinski definition) is 2. The summed E-state index contributed by atoms with van der Waals surface area (Å²) >= 11 is 0. The van der Waals surface area contributed by atoms with Crippen LogP contribution in [-0.2, 0) is 11.0 Å². The maximum atomic E-state index is 12.9. The van der Waals surface area contributed by atoms with Crippen molar-refractivity contribution < 1.29 is 18.0 Å². The Morgan fingerprint density at radius 1 is 1.22 bits per heavy atom. The zero-order valence-corrected chi connectivity index (χ0v) is 9.55. The summed E-state index contributed by atoms with van der Waals surface area (Å²) in [4.78, 5) is 11.4. The summed E-state index contributed by atoms with van der Waals surface area (Å²) in [6, 6.07) is 4.69. The van der Waals surface area contributed by atoms with E-state index in [1.54, 1.807) is 6.07 Å². The van der Waals surface area contributed by atoms with Gasteiger partial charge in [0.1, 0.15) is 0 Å². The molecule has 2 rings (SSSR count). The van der Waals surface area contributed by atoms with Gasteiger partial charge in [0, 0.05) is 19.5 Å². The molecule has 18 heavy (non-hydrogen) atoms. The molecule has 1 heterocycles. The van der Waals surface area contributed by atoms with Crippen LogP contribution in [0.3, 0.4) is 0 Å². The fourth-order valence-corrected chi connectivity index (χ4v) is 2.01. The third-order valence-electron chi connectivity index (χ3n) is 2.85. The van der Waals surface area contributed by atoms with Crippen LogP contribution in [0.1, 0.15) is 23.6 Å². The second kappa shape index (κ2) is 4.97. The molecule has 98 valence electrons. The van der Waals surface area contributed by atoms with Crippen LogP contribution in [0.25, 0.3) is 0 Å². The summed E-state index contributed by atoms with van der Waals surface area (Å²) in [5.41, 5.74) is -0.591. The Morgan fingerprint density at radius 2 is 1.94 bits per heavy atom. The van der Waals surface area contributed by atoms with Crippen LogP contribution in [0.2, 0.25) is 0 Å². The number of carbonyl (C=O) groups is 1. The topological polar surface area (TPSA) is 41.1 Å². The third-order valence-corrected chi connectivity index (χ3v) is 2.85. The van der Waals surface area contributed by atoms with E-state index in [2.05, 4.69) is 10.6 Å². The standard InChI is InChI=1S/C12H13F3N2O/c13-12(14,15)9-4-2-1-3-8(9)10-7-16-6-5-11(18)17-10/h1-4,10,16H,5-7H2,(H,17,18). The SMILES string of the molecule is O=C1CCNCC(c2ccccc2C(F)(F)F)N1. The van der Waals surface area contributed by atoms with Crippen molar-refractivity contribution in [3.8, 4) is 0 Å². The number of halogens is 3. The predicted octanol–water partition coefficient (Wildman–Crippen LogP) is 1.86. The van der Waals surface area contributed by atoms with Gasteiger partial charge in [0.2, 0.25) is 5.91 Å². The molecule has 1 aromatic rings. The van der Waals surface area contributed by atoms with Crippen molar-refractivity contribution in [1.82, 2.24) is 10.6 Å². The van der Waals surface area contributed by atoms with E-state index in [0.717, 1.165) is 6.07 Å². The first-order chi connectivity index (χ1) is 8.48. The van der Waals surface area contributed by atoms with Gasteiger partial charge in [0.05, 0.1) is 11.6 Å². The minimum atomic E-state index is -4.41. The van der Waals surface area contributed by atoms with Crippen LogP contribution >= 0.6 is 0 Å². The van der Waals surface area contributed by atoms with E-state index in [9.17, 15) is 18.0 Å². The van der Waals surface area contributed by atoms with E-state index >= 15 is 0 Å². The largest absolute Gasteiger partial charge is 0.416 e. The molecule has 1 amide bonds. The van der Waals surface area contributed by atoms with Gasteiger partial charge in [-0.1, -0.05) is 18.2 Å². The van der Waals surface area contributed by atoms with Crippen LogP contribution in [0, 0.1) is 0 Å². The second-order valence-corrected chi connectivity index (χ2v) is 4.16. The first-order valence-electron chi connectivity index (χ1n) is 5.64. The first kappa shape index (κ1) is 12.9. The molecule has 1 aromatic carbocycles. The monoisotopic (exact) mass is 258 g/mol. The highest BCUT2D eigenvalue weighted by atomic mass is 19.4. The molecule has 0 spiro atoms. The van der Waals surface area contributed by atoms with Crippen LogP contribution in [0.15, 0.2) is 24.3 Å². The normalized spacial score (nSPS) is 21.3. The minimum absolute atomic E-state index is 0.104. The maximum Gasteiger partial charge on any atom is 0.416 e. The predicted molar refractivity (Wildman–Crippen MR) is 59.8 cm³/mol. The molecule has 3 nitrogen and oxygen atoms in total. The molecule has 0 aromatic heterocycles. The Kier molecular flexibility index (Phi) is 3.56. The summed E-state index contributed by atoms with van der Waals surface area (Å²) in [6.07, 6.45) is -4.13.